The molecule has 0 radical (unpaired) electrons. The Bertz CT molecular complexity index is 776. The molecule has 0 saturated carbocycles. The van der Waals surface area contributed by atoms with Gasteiger partial charge in [-0.1, -0.05) is 42.5 Å². The van der Waals surface area contributed by atoms with Crippen LogP contribution < -0.4 is 5.32 Å². The number of hydrogen-bond donors (Lipinski definition) is 1. The van der Waals surface area contributed by atoms with Crippen LogP contribution in [0.3, 0.4) is 0 Å². The van der Waals surface area contributed by atoms with Crippen LogP contribution in [0, 0.1) is 5.82 Å². The van der Waals surface area contributed by atoms with Crippen molar-refractivity contribution in [3.05, 3.63) is 71.0 Å². The zero-order chi connectivity index (χ0) is 19.2. The van der Waals surface area contributed by atoms with Crippen LogP contribution in [-0.4, -0.2) is 49.1 Å². The molecule has 1 N–H and O–H groups in total. The smallest absolute Gasteiger partial charge is 0.317 e. The van der Waals surface area contributed by atoms with Gasteiger partial charge in [0.05, 0.1) is 25.8 Å². The Morgan fingerprint density at radius 3 is 2.67 bits per heavy atom. The molecule has 27 heavy (non-hydrogen) atoms. The van der Waals surface area contributed by atoms with Gasteiger partial charge in [0.2, 0.25) is 0 Å². The minimum atomic E-state index is -0.261. The number of amides is 2. The quantitative estimate of drug-likeness (QED) is 0.814. The highest BCUT2D eigenvalue weighted by Gasteiger charge is 2.31. The molecule has 2 amide bonds. The first-order valence-electron chi connectivity index (χ1n) is 9.11. The van der Waals surface area contributed by atoms with E-state index in [0.29, 0.717) is 25.2 Å². The largest absolute Gasteiger partial charge is 0.370 e. The molecule has 6 heteroatoms. The molecule has 1 aliphatic rings. The predicted molar refractivity (Wildman–Crippen MR) is 103 cm³/mol. The van der Waals surface area contributed by atoms with E-state index in [1.54, 1.807) is 23.1 Å². The van der Waals surface area contributed by atoms with Crippen molar-refractivity contribution >= 4 is 6.03 Å². The topological polar surface area (TPSA) is 44.8 Å². The molecule has 144 valence electrons. The number of ether oxygens (including phenoxy) is 1. The minimum Gasteiger partial charge on any atom is -0.370 e. The summed E-state index contributed by atoms with van der Waals surface area (Å²) in [7, 11) is 4.06. The fraction of sp³-hybridized carbons (Fsp3) is 0.381. The lowest BCUT2D eigenvalue weighted by Gasteiger charge is -2.38. The predicted octanol–water partition coefficient (Wildman–Crippen LogP) is 3.00. The number of urea groups is 1. The van der Waals surface area contributed by atoms with Crippen LogP contribution in [0.5, 0.6) is 0 Å². The van der Waals surface area contributed by atoms with Crippen molar-refractivity contribution in [1.29, 1.82) is 0 Å². The highest BCUT2D eigenvalue weighted by atomic mass is 19.1. The maximum atomic E-state index is 13.6. The van der Waals surface area contributed by atoms with E-state index < -0.39 is 0 Å². The number of likely N-dealkylation sites (tertiary alicyclic amines) is 1. The molecular formula is C21H26FN3O2. The molecule has 0 unspecified atom stereocenters. The fourth-order valence-electron chi connectivity index (χ4n) is 3.03. The molecule has 1 aliphatic heterocycles. The summed E-state index contributed by atoms with van der Waals surface area (Å²) < 4.78 is 19.2. The lowest BCUT2D eigenvalue weighted by atomic mass is 10.1. The molecule has 2 aromatic rings. The SMILES string of the molecule is CN(C)Cc1cccc(CNC(=O)N2CC(OCc3ccccc3F)C2)c1. The average Bonchev–Trinajstić information content (AvgIpc) is 2.60. The third kappa shape index (κ3) is 5.52. The van der Waals surface area contributed by atoms with Crippen molar-refractivity contribution in [2.24, 2.45) is 0 Å². The Balaban J connectivity index is 1.39. The van der Waals surface area contributed by atoms with Gasteiger partial charge in [0.25, 0.3) is 0 Å². The zero-order valence-corrected chi connectivity index (χ0v) is 15.8. The van der Waals surface area contributed by atoms with E-state index in [9.17, 15) is 9.18 Å². The van der Waals surface area contributed by atoms with E-state index in [-0.39, 0.29) is 24.6 Å². The zero-order valence-electron chi connectivity index (χ0n) is 15.8. The van der Waals surface area contributed by atoms with Crippen LogP contribution in [0.4, 0.5) is 9.18 Å². The van der Waals surface area contributed by atoms with E-state index in [1.807, 2.05) is 26.2 Å². The normalized spacial score (nSPS) is 14.3. The van der Waals surface area contributed by atoms with Crippen molar-refractivity contribution in [3.8, 4) is 0 Å². The van der Waals surface area contributed by atoms with Gasteiger partial charge in [-0.2, -0.15) is 0 Å². The van der Waals surface area contributed by atoms with Gasteiger partial charge in [-0.25, -0.2) is 9.18 Å². The van der Waals surface area contributed by atoms with Crippen molar-refractivity contribution in [2.45, 2.75) is 25.8 Å². The first kappa shape index (κ1) is 19.3. The Morgan fingerprint density at radius 2 is 1.93 bits per heavy atom. The summed E-state index contributed by atoms with van der Waals surface area (Å²) in [5.74, 6) is -0.261. The molecule has 0 bridgehead atoms. The summed E-state index contributed by atoms with van der Waals surface area (Å²) in [5, 5.41) is 2.94. The molecule has 5 nitrogen and oxygen atoms in total. The van der Waals surface area contributed by atoms with Gasteiger partial charge < -0.3 is 19.9 Å². The maximum Gasteiger partial charge on any atom is 0.317 e. The van der Waals surface area contributed by atoms with E-state index >= 15 is 0 Å². The van der Waals surface area contributed by atoms with Crippen molar-refractivity contribution in [3.63, 3.8) is 0 Å². The number of rotatable bonds is 7. The third-order valence-corrected chi connectivity index (χ3v) is 4.50. The maximum absolute atomic E-state index is 13.6. The van der Waals surface area contributed by atoms with Crippen LogP contribution in [0.25, 0.3) is 0 Å². The summed E-state index contributed by atoms with van der Waals surface area (Å²) in [6.07, 6.45) is -0.0428. The Labute approximate surface area is 159 Å². The molecule has 0 aliphatic carbocycles. The van der Waals surface area contributed by atoms with Gasteiger partial charge in [-0.05, 0) is 31.3 Å². The molecular weight excluding hydrogens is 345 g/mol. The fourth-order valence-corrected chi connectivity index (χ4v) is 3.03. The highest BCUT2D eigenvalue weighted by Crippen LogP contribution is 2.16. The second-order valence-corrected chi connectivity index (χ2v) is 7.15. The average molecular weight is 371 g/mol. The van der Waals surface area contributed by atoms with Gasteiger partial charge in [-0.3, -0.25) is 0 Å². The molecule has 0 spiro atoms. The van der Waals surface area contributed by atoms with Crippen molar-refractivity contribution in [1.82, 2.24) is 15.1 Å². The molecule has 1 saturated heterocycles. The van der Waals surface area contributed by atoms with Crippen LogP contribution in [0.1, 0.15) is 16.7 Å². The molecule has 2 aromatic carbocycles. The number of halogens is 1. The van der Waals surface area contributed by atoms with Crippen LogP contribution in [0.2, 0.25) is 0 Å². The monoisotopic (exact) mass is 371 g/mol. The van der Waals surface area contributed by atoms with Crippen molar-refractivity contribution < 1.29 is 13.9 Å². The highest BCUT2D eigenvalue weighted by molar-refractivity contribution is 5.75. The van der Waals surface area contributed by atoms with E-state index in [4.69, 9.17) is 4.74 Å². The molecule has 0 aromatic heterocycles. The summed E-state index contributed by atoms with van der Waals surface area (Å²) in [6, 6.07) is 14.7. The molecule has 1 heterocycles. The van der Waals surface area contributed by atoms with Gasteiger partial charge in [0, 0.05) is 18.7 Å². The first-order valence-corrected chi connectivity index (χ1v) is 9.11. The van der Waals surface area contributed by atoms with Crippen LogP contribution >= 0.6 is 0 Å². The number of nitrogens with one attached hydrogen (secondary N) is 1. The molecule has 0 atom stereocenters. The lowest BCUT2D eigenvalue weighted by Crippen LogP contribution is -2.57. The van der Waals surface area contributed by atoms with E-state index in [1.165, 1.54) is 11.6 Å². The van der Waals surface area contributed by atoms with Crippen molar-refractivity contribution in [2.75, 3.05) is 27.2 Å². The first-order chi connectivity index (χ1) is 13.0. The standard InChI is InChI=1S/C21H26FN3O2/c1-24(2)12-17-7-5-6-16(10-17)11-23-21(26)25-13-19(14-25)27-15-18-8-3-4-9-20(18)22/h3-10,19H,11-15H2,1-2H3,(H,23,26). The van der Waals surface area contributed by atoms with E-state index in [0.717, 1.165) is 12.1 Å². The van der Waals surface area contributed by atoms with Crippen LogP contribution in [0.15, 0.2) is 48.5 Å². The number of benzene rings is 2. The summed E-state index contributed by atoms with van der Waals surface area (Å²) in [4.78, 5) is 16.0. The lowest BCUT2D eigenvalue weighted by molar-refractivity contribution is -0.0450. The Morgan fingerprint density at radius 1 is 1.19 bits per heavy atom. The number of carbonyl (C=O) groups is 1. The van der Waals surface area contributed by atoms with Gasteiger partial charge in [-0.15, -0.1) is 0 Å². The number of hydrogen-bond acceptors (Lipinski definition) is 3. The number of nitrogens with zero attached hydrogens (tertiary/aromatic N) is 2. The second-order valence-electron chi connectivity index (χ2n) is 7.15. The Kier molecular flexibility index (Phi) is 6.42. The van der Waals surface area contributed by atoms with Crippen LogP contribution in [-0.2, 0) is 24.4 Å². The molecule has 3 rings (SSSR count). The van der Waals surface area contributed by atoms with Gasteiger partial charge in [0.1, 0.15) is 5.82 Å². The summed E-state index contributed by atoms with van der Waals surface area (Å²) in [6.45, 7) is 2.65. The Hall–Kier alpha value is -2.44. The second kappa shape index (κ2) is 8.97. The minimum absolute atomic E-state index is 0.0428. The summed E-state index contributed by atoms with van der Waals surface area (Å²) >= 11 is 0. The van der Waals surface area contributed by atoms with E-state index in [2.05, 4.69) is 22.3 Å². The third-order valence-electron chi connectivity index (χ3n) is 4.50. The molecule has 1 fully saturated rings. The van der Waals surface area contributed by atoms with Gasteiger partial charge in [0.15, 0.2) is 0 Å². The van der Waals surface area contributed by atoms with Gasteiger partial charge >= 0.3 is 6.03 Å². The summed E-state index contributed by atoms with van der Waals surface area (Å²) in [5.41, 5.74) is 2.84. The number of carbonyl (C=O) groups excluding carboxylic acids is 1.